The highest BCUT2D eigenvalue weighted by atomic mass is 16.7. The number of carbonyl (C=O) groups excluding carboxylic acids is 7. The van der Waals surface area contributed by atoms with Crippen molar-refractivity contribution in [2.24, 2.45) is 70.0 Å². The highest BCUT2D eigenvalue weighted by Crippen LogP contribution is 2.44. The molecule has 83 heavy (non-hydrogen) atoms. The maximum Gasteiger partial charge on any atom is 0.420 e. The second-order valence-electron chi connectivity index (χ2n) is 26.9. The molecule has 2 saturated heterocycles. The van der Waals surface area contributed by atoms with Gasteiger partial charge < -0.3 is 38.3 Å². The van der Waals surface area contributed by atoms with Crippen LogP contribution < -0.4 is 0 Å². The number of ketones is 4. The molecular weight excluding hydrogens is 1060 g/mol. The Hall–Kier alpha value is -4.42. The first-order valence-electron chi connectivity index (χ1n) is 31.0. The molecule has 470 valence electrons. The van der Waals surface area contributed by atoms with Crippen molar-refractivity contribution < 1.29 is 71.8 Å². The number of carbonyl (C=O) groups is 7. The number of rotatable bonds is 9. The van der Waals surface area contributed by atoms with E-state index in [4.69, 9.17) is 33.2 Å². The summed E-state index contributed by atoms with van der Waals surface area (Å²) in [6, 6.07) is 0. The quantitative estimate of drug-likeness (QED) is 0.138. The summed E-state index contributed by atoms with van der Waals surface area (Å²) < 4.78 is 44.8. The van der Waals surface area contributed by atoms with Crippen molar-refractivity contribution >= 4 is 41.2 Å². The van der Waals surface area contributed by atoms with E-state index in [-0.39, 0.29) is 72.4 Å². The number of hydrogen-bond acceptors (Lipinski definition) is 16. The lowest BCUT2D eigenvalue weighted by Crippen LogP contribution is -2.51. The van der Waals surface area contributed by atoms with E-state index in [1.54, 1.807) is 68.4 Å². The van der Waals surface area contributed by atoms with Crippen molar-refractivity contribution in [2.75, 3.05) is 0 Å². The van der Waals surface area contributed by atoms with Crippen molar-refractivity contribution in [1.29, 1.82) is 0 Å². The number of imidazole rings is 1. The second-order valence-corrected chi connectivity index (χ2v) is 26.9. The first kappa shape index (κ1) is 71.1. The number of allylic oxidation sites excluding steroid dienone is 2. The summed E-state index contributed by atoms with van der Waals surface area (Å²) in [5.41, 5.74) is -3.40. The van der Waals surface area contributed by atoms with Crippen LogP contribution in [0, 0.1) is 70.0 Å². The molecule has 20 atom stereocenters. The second kappa shape index (κ2) is 29.3. The predicted octanol–water partition coefficient (Wildman–Crippen LogP) is 12.2. The number of Topliss-reactive ketones (excluding diaryl/α,β-unsaturated/α-hetero) is 4. The minimum Gasteiger partial charge on any atom is -0.458 e. The summed E-state index contributed by atoms with van der Waals surface area (Å²) in [6.07, 6.45) is 6.40. The topological polar surface area (TPSA) is 222 Å². The van der Waals surface area contributed by atoms with E-state index in [0.717, 1.165) is 12.8 Å². The molecule has 17 nitrogen and oxygen atoms in total. The number of cyclic esters (lactones) is 2. The maximum absolute atomic E-state index is 14.0. The Morgan fingerprint density at radius 2 is 1.04 bits per heavy atom. The molecule has 5 heterocycles. The standard InChI is InChI=1S/C35H54N2O8.C31H52O7/c1-12-27-35(13-2,45-33(41)37-15-14-36-19-37)18-22(5)28(38)21(4)17-34(10,11)30(25(8)29(39)26(9)31(40)43-27)44-32-24(7)20(3)16-23(6)42-32;1-12-24-31(35,13-2)16-19(5)25(32)18(4)15-30(10,11)27(22(8)26(33)23(9)28(34)37-24)38-29-21(7)17(3)14-20(6)36-29/h14-15,18-21,23-27,30,32H,12-13,16-17H2,1-11H3;16-18,20-24,27,29,35H,12-15H2,1-11H3/b22-18+;19-16+/t20-,21+,23+,24+,25-,26+,27+,30+,32?,35-;17-,18+,20+,21+,22-,23+,24+,27+,29?,31-/m00/s1. The SMILES string of the molecule is CC[C@H]1OC(=O)[C@H](C)C(=O)[C@H](C)[C@@H](OC2O[C@H](C)C[C@H](C)[C@H]2C)C(C)(C)C[C@@H](C)C(=O)/C(C)=C/[C@@]1(O)CC.CC[C@H]1OC(=O)[C@H](C)C(=O)[C@H](C)[C@@H](OC2O[C@H](C)C[C@H](C)[C@H]2C)C(C)(C)C[C@@H](C)C(=O)/C(C)=C/[C@]1(CC)OC(=O)n1ccnc1. The molecule has 0 spiro atoms. The average Bonchev–Trinajstić information content (AvgIpc) is 4.13. The zero-order valence-electron chi connectivity index (χ0n) is 54.5. The first-order chi connectivity index (χ1) is 38.5. The van der Waals surface area contributed by atoms with Crippen LogP contribution in [0.25, 0.3) is 0 Å². The van der Waals surface area contributed by atoms with Crippen molar-refractivity contribution in [2.45, 2.75) is 264 Å². The Morgan fingerprint density at radius 1 is 0.627 bits per heavy atom. The summed E-state index contributed by atoms with van der Waals surface area (Å²) in [4.78, 5) is 99.2. The zero-order chi connectivity index (χ0) is 63.0. The largest absolute Gasteiger partial charge is 0.458 e. The van der Waals surface area contributed by atoms with Gasteiger partial charge in [-0.2, -0.15) is 0 Å². The Labute approximate surface area is 496 Å². The molecule has 5 rings (SSSR count). The van der Waals surface area contributed by atoms with Crippen molar-refractivity contribution in [3.63, 3.8) is 0 Å². The van der Waals surface area contributed by atoms with Crippen molar-refractivity contribution in [3.8, 4) is 0 Å². The van der Waals surface area contributed by atoms with Crippen LogP contribution >= 0.6 is 0 Å². The fourth-order valence-corrected chi connectivity index (χ4v) is 13.5. The van der Waals surface area contributed by atoms with E-state index in [2.05, 4.69) is 32.7 Å². The summed E-state index contributed by atoms with van der Waals surface area (Å²) in [6.45, 7) is 41.6. The molecule has 1 aromatic rings. The average molecular weight is 1170 g/mol. The van der Waals surface area contributed by atoms with E-state index in [0.29, 0.717) is 42.2 Å². The molecule has 0 amide bonds. The van der Waals surface area contributed by atoms with Gasteiger partial charge in [-0.05, 0) is 139 Å². The first-order valence-corrected chi connectivity index (χ1v) is 31.0. The maximum atomic E-state index is 14.0. The molecule has 17 heteroatoms. The summed E-state index contributed by atoms with van der Waals surface area (Å²) >= 11 is 0. The minimum atomic E-state index is -1.51. The number of nitrogens with zero attached hydrogens (tertiary/aromatic N) is 2. The molecule has 0 aromatic carbocycles. The van der Waals surface area contributed by atoms with E-state index in [1.807, 2.05) is 62.3 Å². The Bertz CT molecular complexity index is 2460. The lowest BCUT2D eigenvalue weighted by atomic mass is 9.70. The van der Waals surface area contributed by atoms with Gasteiger partial charge in [0, 0.05) is 47.9 Å². The van der Waals surface area contributed by atoms with Gasteiger partial charge in [0.15, 0.2) is 41.3 Å². The number of ether oxygens (including phenoxy) is 7. The van der Waals surface area contributed by atoms with Gasteiger partial charge in [0.2, 0.25) is 0 Å². The van der Waals surface area contributed by atoms with Gasteiger partial charge in [0.1, 0.15) is 36.0 Å². The van der Waals surface area contributed by atoms with Gasteiger partial charge in [-0.25, -0.2) is 14.3 Å². The summed E-state index contributed by atoms with van der Waals surface area (Å²) in [5, 5.41) is 11.4. The van der Waals surface area contributed by atoms with E-state index < -0.39 is 107 Å². The van der Waals surface area contributed by atoms with Gasteiger partial charge in [-0.3, -0.25) is 28.8 Å². The highest BCUT2D eigenvalue weighted by Gasteiger charge is 2.50. The molecule has 4 aliphatic rings. The summed E-state index contributed by atoms with van der Waals surface area (Å²) in [7, 11) is 0. The number of hydrogen-bond donors (Lipinski definition) is 1. The van der Waals surface area contributed by atoms with E-state index >= 15 is 0 Å². The molecule has 2 fully saturated rings. The molecule has 2 unspecified atom stereocenters. The monoisotopic (exact) mass is 1170 g/mol. The zero-order valence-corrected chi connectivity index (χ0v) is 54.5. The van der Waals surface area contributed by atoms with E-state index in [1.165, 1.54) is 29.4 Å². The van der Waals surface area contributed by atoms with Crippen LogP contribution in [0.5, 0.6) is 0 Å². The molecule has 0 saturated carbocycles. The van der Waals surface area contributed by atoms with Gasteiger partial charge in [0.05, 0.1) is 24.4 Å². The molecule has 0 radical (unpaired) electrons. The highest BCUT2D eigenvalue weighted by molar-refractivity contribution is 6.01. The fraction of sp³-hybridized carbons (Fsp3) is 0.788. The molecular formula is C66H106N2O15. The lowest BCUT2D eigenvalue weighted by Gasteiger charge is -2.45. The van der Waals surface area contributed by atoms with Crippen LogP contribution in [0.1, 0.15) is 204 Å². The molecule has 1 N–H and O–H groups in total. The van der Waals surface area contributed by atoms with Crippen molar-refractivity contribution in [1.82, 2.24) is 9.55 Å². The van der Waals surface area contributed by atoms with Crippen LogP contribution in [0.2, 0.25) is 0 Å². The van der Waals surface area contributed by atoms with Gasteiger partial charge in [-0.1, -0.05) is 111 Å². The van der Waals surface area contributed by atoms with Crippen molar-refractivity contribution in [3.05, 3.63) is 42.0 Å². The number of aliphatic hydroxyl groups is 1. The van der Waals surface area contributed by atoms with Crippen LogP contribution in [0.15, 0.2) is 42.0 Å². The third kappa shape index (κ3) is 17.0. The van der Waals surface area contributed by atoms with Gasteiger partial charge >= 0.3 is 18.0 Å². The Morgan fingerprint density at radius 3 is 1.41 bits per heavy atom. The summed E-state index contributed by atoms with van der Waals surface area (Å²) in [5.74, 6) is -5.56. The molecule has 4 aliphatic heterocycles. The lowest BCUT2D eigenvalue weighted by molar-refractivity contribution is -0.267. The third-order valence-corrected chi connectivity index (χ3v) is 19.0. The van der Waals surface area contributed by atoms with Crippen LogP contribution in [-0.2, 0) is 61.9 Å². The molecule has 0 aliphatic carbocycles. The van der Waals surface area contributed by atoms with Crippen LogP contribution in [0.3, 0.4) is 0 Å². The molecule has 0 bridgehead atoms. The number of esters is 2. The predicted molar refractivity (Wildman–Crippen MR) is 316 cm³/mol. The Kier molecular flexibility index (Phi) is 25.1. The fourth-order valence-electron chi connectivity index (χ4n) is 13.5. The smallest absolute Gasteiger partial charge is 0.420 e. The van der Waals surface area contributed by atoms with Gasteiger partial charge in [0.25, 0.3) is 0 Å². The van der Waals surface area contributed by atoms with E-state index in [9.17, 15) is 38.7 Å². The minimum absolute atomic E-state index is 0.00343. The van der Waals surface area contributed by atoms with Gasteiger partial charge in [-0.15, -0.1) is 0 Å². The van der Waals surface area contributed by atoms with Crippen LogP contribution in [-0.4, -0.2) is 116 Å². The normalized spacial score (nSPS) is 40.4. The van der Waals surface area contributed by atoms with Crippen LogP contribution in [0.4, 0.5) is 4.79 Å². The Balaban J connectivity index is 0.000000362. The number of aromatic nitrogens is 2. The molecule has 1 aromatic heterocycles. The third-order valence-electron chi connectivity index (χ3n) is 19.0.